The molecule has 1 saturated heterocycles. The van der Waals surface area contributed by atoms with Gasteiger partial charge in [0, 0.05) is 11.8 Å². The quantitative estimate of drug-likeness (QED) is 0.754. The Kier molecular flexibility index (Phi) is 1.88. The summed E-state index contributed by atoms with van der Waals surface area (Å²) in [6.45, 7) is 2.38. The van der Waals surface area contributed by atoms with Crippen molar-refractivity contribution in [3.63, 3.8) is 0 Å². The lowest BCUT2D eigenvalue weighted by Gasteiger charge is -2.48. The first-order chi connectivity index (χ1) is 9.45. The van der Waals surface area contributed by atoms with Crippen LogP contribution in [0.3, 0.4) is 0 Å². The Labute approximate surface area is 113 Å². The van der Waals surface area contributed by atoms with E-state index in [-0.39, 0.29) is 0 Å². The van der Waals surface area contributed by atoms with Crippen LogP contribution in [0.15, 0.2) is 48.5 Å². The zero-order chi connectivity index (χ0) is 12.4. The fraction of sp³-hybridized carbons (Fsp3) is 0.333. The van der Waals surface area contributed by atoms with E-state index in [2.05, 4.69) is 53.8 Å². The van der Waals surface area contributed by atoms with Crippen LogP contribution in [0.25, 0.3) is 0 Å². The lowest BCUT2D eigenvalue weighted by Crippen LogP contribution is -2.39. The smallest absolute Gasteiger partial charge is 0.0139 e. The highest BCUT2D eigenvalue weighted by molar-refractivity contribution is 5.57. The van der Waals surface area contributed by atoms with E-state index in [0.29, 0.717) is 11.8 Å². The fourth-order valence-electron chi connectivity index (χ4n) is 4.86. The van der Waals surface area contributed by atoms with E-state index in [1.54, 1.807) is 22.3 Å². The number of nitrogens with one attached hydrogen (secondary N) is 1. The molecule has 2 aromatic carbocycles. The van der Waals surface area contributed by atoms with Gasteiger partial charge in [-0.25, -0.2) is 0 Å². The molecule has 6 rings (SSSR count). The third kappa shape index (κ3) is 1.15. The normalized spacial score (nSPS) is 33.7. The average molecular weight is 247 g/mol. The van der Waals surface area contributed by atoms with Crippen LogP contribution in [0.1, 0.15) is 34.1 Å². The van der Waals surface area contributed by atoms with Gasteiger partial charge in [-0.2, -0.15) is 0 Å². The summed E-state index contributed by atoms with van der Waals surface area (Å²) in [5.41, 5.74) is 6.37. The van der Waals surface area contributed by atoms with Crippen molar-refractivity contribution < 1.29 is 0 Å². The number of hydrogen-bond donors (Lipinski definition) is 1. The van der Waals surface area contributed by atoms with Gasteiger partial charge in [0.05, 0.1) is 0 Å². The predicted molar refractivity (Wildman–Crippen MR) is 76.4 cm³/mol. The zero-order valence-corrected chi connectivity index (χ0v) is 10.8. The van der Waals surface area contributed by atoms with Gasteiger partial charge in [0.15, 0.2) is 0 Å². The van der Waals surface area contributed by atoms with Crippen LogP contribution in [-0.4, -0.2) is 13.1 Å². The monoisotopic (exact) mass is 247 g/mol. The van der Waals surface area contributed by atoms with Crippen LogP contribution >= 0.6 is 0 Å². The molecule has 0 radical (unpaired) electrons. The first-order valence-corrected chi connectivity index (χ1v) is 7.33. The summed E-state index contributed by atoms with van der Waals surface area (Å²) in [6, 6.07) is 18.3. The summed E-state index contributed by atoms with van der Waals surface area (Å²) in [5.74, 6) is 2.85. The van der Waals surface area contributed by atoms with Gasteiger partial charge in [-0.1, -0.05) is 48.5 Å². The first kappa shape index (κ1) is 10.2. The molecule has 1 nitrogen and oxygen atoms in total. The second-order valence-electron chi connectivity index (χ2n) is 6.20. The van der Waals surface area contributed by atoms with Crippen molar-refractivity contribution in [2.75, 3.05) is 13.1 Å². The van der Waals surface area contributed by atoms with E-state index in [0.717, 1.165) is 11.8 Å². The van der Waals surface area contributed by atoms with Crippen LogP contribution in [0.4, 0.5) is 0 Å². The minimum Gasteiger partial charge on any atom is -0.316 e. The minimum absolute atomic E-state index is 0.623. The highest BCUT2D eigenvalue weighted by atomic mass is 14.9. The summed E-state index contributed by atoms with van der Waals surface area (Å²) in [5, 5.41) is 3.63. The zero-order valence-electron chi connectivity index (χ0n) is 10.8. The van der Waals surface area contributed by atoms with Gasteiger partial charge in [-0.15, -0.1) is 0 Å². The second kappa shape index (κ2) is 3.49. The van der Waals surface area contributed by atoms with E-state index in [9.17, 15) is 0 Å². The molecular weight excluding hydrogens is 230 g/mol. The Hall–Kier alpha value is -1.60. The molecule has 0 aromatic heterocycles. The number of hydrogen-bond acceptors (Lipinski definition) is 1. The Balaban J connectivity index is 1.85. The maximum Gasteiger partial charge on any atom is 0.0139 e. The van der Waals surface area contributed by atoms with Crippen LogP contribution in [0.5, 0.6) is 0 Å². The Morgan fingerprint density at radius 2 is 1.00 bits per heavy atom. The van der Waals surface area contributed by atoms with Crippen molar-refractivity contribution in [2.24, 2.45) is 11.8 Å². The van der Waals surface area contributed by atoms with E-state index in [1.807, 2.05) is 0 Å². The molecule has 0 unspecified atom stereocenters. The van der Waals surface area contributed by atoms with Gasteiger partial charge in [-0.05, 0) is 47.2 Å². The predicted octanol–water partition coefficient (Wildman–Crippen LogP) is 3.11. The van der Waals surface area contributed by atoms with Gasteiger partial charge in [-0.3, -0.25) is 0 Å². The Morgan fingerprint density at radius 3 is 1.37 bits per heavy atom. The van der Waals surface area contributed by atoms with Crippen molar-refractivity contribution in [3.05, 3.63) is 70.8 Å². The van der Waals surface area contributed by atoms with Crippen LogP contribution in [0.2, 0.25) is 0 Å². The SMILES string of the molecule is c1ccc2c(c1)C1c3ccccc3C2[C@H]2CNC[C@H]12. The standard InChI is InChI=1S/C18H17N/c1-2-6-12-11(5-1)17-13-7-3-4-8-14(13)18(12)16-10-19-9-15(16)17/h1-8,15-19H,9-10H2/t15-,16-,17?,18?/m0/s1. The van der Waals surface area contributed by atoms with Crippen LogP contribution < -0.4 is 5.32 Å². The molecule has 1 heterocycles. The van der Waals surface area contributed by atoms with Gasteiger partial charge < -0.3 is 5.32 Å². The van der Waals surface area contributed by atoms with Gasteiger partial charge in [0.2, 0.25) is 0 Å². The fourth-order valence-corrected chi connectivity index (χ4v) is 4.86. The molecule has 0 saturated carbocycles. The molecule has 2 bridgehead atoms. The van der Waals surface area contributed by atoms with E-state index in [1.165, 1.54) is 13.1 Å². The highest BCUT2D eigenvalue weighted by Crippen LogP contribution is 2.58. The lowest BCUT2D eigenvalue weighted by atomic mass is 9.55. The van der Waals surface area contributed by atoms with Crippen molar-refractivity contribution in [1.82, 2.24) is 5.32 Å². The molecule has 4 aliphatic rings. The third-order valence-corrected chi connectivity index (χ3v) is 5.50. The molecule has 0 spiro atoms. The lowest BCUT2D eigenvalue weighted by molar-refractivity contribution is 0.294. The topological polar surface area (TPSA) is 12.0 Å². The summed E-state index contributed by atoms with van der Waals surface area (Å²) >= 11 is 0. The van der Waals surface area contributed by atoms with Gasteiger partial charge in [0.1, 0.15) is 0 Å². The molecule has 1 fully saturated rings. The average Bonchev–Trinajstić information content (AvgIpc) is 2.96. The Morgan fingerprint density at radius 1 is 0.632 bits per heavy atom. The molecular formula is C18H17N. The van der Waals surface area contributed by atoms with E-state index in [4.69, 9.17) is 0 Å². The molecule has 19 heavy (non-hydrogen) atoms. The van der Waals surface area contributed by atoms with E-state index < -0.39 is 0 Å². The molecule has 0 amide bonds. The summed E-state index contributed by atoms with van der Waals surface area (Å²) in [6.07, 6.45) is 0. The minimum atomic E-state index is 0.623. The van der Waals surface area contributed by atoms with Crippen molar-refractivity contribution in [1.29, 1.82) is 0 Å². The number of rotatable bonds is 0. The second-order valence-corrected chi connectivity index (χ2v) is 6.20. The Bertz CT molecular complexity index is 557. The van der Waals surface area contributed by atoms with Crippen molar-refractivity contribution in [2.45, 2.75) is 11.8 Å². The highest BCUT2D eigenvalue weighted by Gasteiger charge is 2.50. The largest absolute Gasteiger partial charge is 0.316 e. The first-order valence-electron chi connectivity index (χ1n) is 7.33. The molecule has 2 atom stereocenters. The molecule has 1 heteroatoms. The van der Waals surface area contributed by atoms with Gasteiger partial charge >= 0.3 is 0 Å². The summed E-state index contributed by atoms with van der Waals surface area (Å²) < 4.78 is 0. The number of benzene rings is 2. The van der Waals surface area contributed by atoms with Crippen molar-refractivity contribution >= 4 is 0 Å². The molecule has 2 aromatic rings. The van der Waals surface area contributed by atoms with Crippen LogP contribution in [-0.2, 0) is 0 Å². The third-order valence-electron chi connectivity index (χ3n) is 5.50. The maximum absolute atomic E-state index is 3.63. The molecule has 94 valence electrons. The maximum atomic E-state index is 3.63. The van der Waals surface area contributed by atoms with E-state index >= 15 is 0 Å². The molecule has 1 N–H and O–H groups in total. The van der Waals surface area contributed by atoms with Crippen LogP contribution in [0, 0.1) is 11.8 Å². The molecule has 1 aliphatic heterocycles. The molecule has 3 aliphatic carbocycles. The van der Waals surface area contributed by atoms with Gasteiger partial charge in [0.25, 0.3) is 0 Å². The summed E-state index contributed by atoms with van der Waals surface area (Å²) in [4.78, 5) is 0. The van der Waals surface area contributed by atoms with Crippen molar-refractivity contribution in [3.8, 4) is 0 Å². The summed E-state index contributed by atoms with van der Waals surface area (Å²) in [7, 11) is 0.